The van der Waals surface area contributed by atoms with Crippen LogP contribution in [0.25, 0.3) is 10.8 Å². The third kappa shape index (κ3) is 8.92. The van der Waals surface area contributed by atoms with E-state index in [9.17, 15) is 37.1 Å². The van der Waals surface area contributed by atoms with Gasteiger partial charge in [-0.25, -0.2) is 0 Å². The molecule has 0 saturated carbocycles. The molecule has 0 unspecified atom stereocenters. The Hall–Kier alpha value is -4.75. The van der Waals surface area contributed by atoms with Gasteiger partial charge in [0.15, 0.2) is 5.69 Å². The number of nitrogens with zero attached hydrogens (tertiary/aromatic N) is 1. The Bertz CT molecular complexity index is 1570. The van der Waals surface area contributed by atoms with E-state index < -0.39 is 59.4 Å². The van der Waals surface area contributed by atoms with Crippen LogP contribution in [0.15, 0.2) is 53.1 Å². The lowest BCUT2D eigenvalue weighted by molar-refractivity contribution is -0.155. The summed E-state index contributed by atoms with van der Waals surface area (Å²) in [6.45, 7) is 4.20. The highest BCUT2D eigenvalue weighted by Crippen LogP contribution is 2.29. The SMILES string of the molecule is CC(C)C[C@H](NC(=O)[C@H](Cc1cccc2ccccc12)NC(=O)c1cc(C(F)(F)F)on1)C(=O)N[C@H](C=O)C[C@@H]1CCCNC1=O. The second-order valence-electron chi connectivity index (χ2n) is 11.8. The van der Waals surface area contributed by atoms with Crippen molar-refractivity contribution in [2.24, 2.45) is 11.8 Å². The zero-order valence-electron chi connectivity index (χ0n) is 25.4. The molecule has 3 aromatic rings. The number of amides is 4. The standard InChI is InChI=1S/C32H36F3N5O6/c1-18(2)13-24(29(43)37-22(17-41)14-21-10-6-12-36-28(21)42)38-30(44)25(15-20-9-5-8-19-7-3-4-11-23(19)20)39-31(45)26-16-27(46-40-26)32(33,34)35/h3-5,7-9,11,16-18,21-22,24-25H,6,10,12-15H2,1-2H3,(H,36,42)(H,37,43)(H,38,44)(H,39,45)/t21-,22-,24-,25-/m0/s1. The maximum atomic E-state index is 13.8. The third-order valence-electron chi connectivity index (χ3n) is 7.72. The first kappa shape index (κ1) is 34.1. The van der Waals surface area contributed by atoms with E-state index >= 15 is 0 Å². The van der Waals surface area contributed by atoms with Crippen LogP contribution in [0.4, 0.5) is 13.2 Å². The number of alkyl halides is 3. The molecule has 1 aliphatic rings. The number of piperidine rings is 1. The molecule has 0 aliphatic carbocycles. The van der Waals surface area contributed by atoms with Crippen molar-refractivity contribution in [1.29, 1.82) is 0 Å². The van der Waals surface area contributed by atoms with Crippen molar-refractivity contribution < 1.29 is 41.7 Å². The van der Waals surface area contributed by atoms with Gasteiger partial charge in [-0.1, -0.05) is 61.5 Å². The molecule has 4 rings (SSSR count). The minimum Gasteiger partial charge on any atom is -0.356 e. The average Bonchev–Trinajstić information content (AvgIpc) is 3.53. The van der Waals surface area contributed by atoms with Crippen molar-refractivity contribution in [1.82, 2.24) is 26.4 Å². The molecule has 1 aromatic heterocycles. The molecular weight excluding hydrogens is 607 g/mol. The first-order chi connectivity index (χ1) is 21.8. The van der Waals surface area contributed by atoms with Gasteiger partial charge in [-0.2, -0.15) is 13.2 Å². The highest BCUT2D eigenvalue weighted by Gasteiger charge is 2.37. The van der Waals surface area contributed by atoms with Gasteiger partial charge in [0, 0.05) is 24.9 Å². The summed E-state index contributed by atoms with van der Waals surface area (Å²) in [5.41, 5.74) is -0.0218. The molecule has 14 heteroatoms. The Balaban J connectivity index is 1.56. The highest BCUT2D eigenvalue weighted by molar-refractivity contribution is 5.98. The second-order valence-corrected chi connectivity index (χ2v) is 11.8. The number of aldehydes is 1. The lowest BCUT2D eigenvalue weighted by Gasteiger charge is -2.27. The van der Waals surface area contributed by atoms with Crippen LogP contribution in [-0.2, 0) is 31.8 Å². The van der Waals surface area contributed by atoms with Crippen LogP contribution >= 0.6 is 0 Å². The minimum absolute atomic E-state index is 0.0767. The summed E-state index contributed by atoms with van der Waals surface area (Å²) in [5.74, 6) is -4.73. The maximum Gasteiger partial charge on any atom is 0.452 e. The number of benzene rings is 2. The Labute approximate surface area is 263 Å². The zero-order chi connectivity index (χ0) is 33.4. The van der Waals surface area contributed by atoms with Gasteiger partial charge in [0.05, 0.1) is 6.04 Å². The topological polar surface area (TPSA) is 160 Å². The normalized spacial score (nSPS) is 17.1. The number of nitrogens with one attached hydrogen (secondary N) is 4. The Morgan fingerprint density at radius 3 is 2.43 bits per heavy atom. The van der Waals surface area contributed by atoms with Crippen molar-refractivity contribution in [3.63, 3.8) is 0 Å². The van der Waals surface area contributed by atoms with Crippen LogP contribution in [0.3, 0.4) is 0 Å². The Morgan fingerprint density at radius 1 is 1.04 bits per heavy atom. The molecule has 2 aromatic carbocycles. The molecular formula is C32H36F3N5O6. The quantitative estimate of drug-likeness (QED) is 0.208. The van der Waals surface area contributed by atoms with Crippen molar-refractivity contribution >= 4 is 40.7 Å². The number of halogens is 3. The molecule has 0 spiro atoms. The predicted octanol–water partition coefficient (Wildman–Crippen LogP) is 3.32. The summed E-state index contributed by atoms with van der Waals surface area (Å²) in [4.78, 5) is 64.3. The number of carbonyl (C=O) groups excluding carboxylic acids is 5. The minimum atomic E-state index is -4.87. The molecule has 0 bridgehead atoms. The molecule has 0 radical (unpaired) electrons. The fourth-order valence-corrected chi connectivity index (χ4v) is 5.42. The molecule has 4 N–H and O–H groups in total. The van der Waals surface area contributed by atoms with Crippen molar-refractivity contribution in [2.45, 2.75) is 70.3 Å². The van der Waals surface area contributed by atoms with E-state index in [4.69, 9.17) is 0 Å². The van der Waals surface area contributed by atoms with Gasteiger partial charge in [0.1, 0.15) is 18.4 Å². The molecule has 2 heterocycles. The summed E-state index contributed by atoms with van der Waals surface area (Å²) < 4.78 is 43.5. The van der Waals surface area contributed by atoms with E-state index in [0.29, 0.717) is 30.9 Å². The largest absolute Gasteiger partial charge is 0.452 e. The van der Waals surface area contributed by atoms with Crippen LogP contribution in [0, 0.1) is 11.8 Å². The summed E-state index contributed by atoms with van der Waals surface area (Å²) in [6, 6.07) is 9.69. The lowest BCUT2D eigenvalue weighted by atomic mass is 9.91. The predicted molar refractivity (Wildman–Crippen MR) is 160 cm³/mol. The number of rotatable bonds is 13. The zero-order valence-corrected chi connectivity index (χ0v) is 25.4. The molecule has 11 nitrogen and oxygen atoms in total. The fourth-order valence-electron chi connectivity index (χ4n) is 5.42. The van der Waals surface area contributed by atoms with Crippen molar-refractivity contribution in [3.8, 4) is 0 Å². The van der Waals surface area contributed by atoms with Gasteiger partial charge >= 0.3 is 6.18 Å². The number of fused-ring (bicyclic) bond motifs is 1. The van der Waals surface area contributed by atoms with Crippen LogP contribution < -0.4 is 21.3 Å². The summed E-state index contributed by atoms with van der Waals surface area (Å²) >= 11 is 0. The average molecular weight is 644 g/mol. The van der Waals surface area contributed by atoms with E-state index in [1.165, 1.54) is 0 Å². The van der Waals surface area contributed by atoms with Gasteiger partial charge in [-0.15, -0.1) is 0 Å². The second kappa shape index (κ2) is 15.0. The van der Waals surface area contributed by atoms with Crippen LogP contribution in [0.2, 0.25) is 0 Å². The molecule has 4 atom stereocenters. The van der Waals surface area contributed by atoms with E-state index in [1.807, 2.05) is 38.1 Å². The molecule has 246 valence electrons. The summed E-state index contributed by atoms with van der Waals surface area (Å²) in [5, 5.41) is 15.3. The van der Waals surface area contributed by atoms with Gasteiger partial charge in [-0.05, 0) is 47.9 Å². The summed E-state index contributed by atoms with van der Waals surface area (Å²) in [7, 11) is 0. The first-order valence-corrected chi connectivity index (χ1v) is 15.0. The number of hydrogen-bond acceptors (Lipinski definition) is 7. The Kier molecular flexibility index (Phi) is 11.1. The molecule has 1 saturated heterocycles. The van der Waals surface area contributed by atoms with Crippen molar-refractivity contribution in [3.05, 3.63) is 65.5 Å². The molecule has 4 amide bonds. The van der Waals surface area contributed by atoms with E-state index in [2.05, 4.69) is 30.9 Å². The smallest absolute Gasteiger partial charge is 0.356 e. The molecule has 1 aliphatic heterocycles. The van der Waals surface area contributed by atoms with Gasteiger partial charge in [0.2, 0.25) is 23.5 Å². The van der Waals surface area contributed by atoms with E-state index in [0.717, 1.165) is 17.2 Å². The van der Waals surface area contributed by atoms with Crippen LogP contribution in [-0.4, -0.2) is 59.7 Å². The summed E-state index contributed by atoms with van der Waals surface area (Å²) in [6.07, 6.45) is -2.82. The van der Waals surface area contributed by atoms with Gasteiger partial charge < -0.3 is 30.6 Å². The van der Waals surface area contributed by atoms with Crippen LogP contribution in [0.5, 0.6) is 0 Å². The number of carbonyl (C=O) groups is 5. The first-order valence-electron chi connectivity index (χ1n) is 15.0. The van der Waals surface area contributed by atoms with Gasteiger partial charge in [-0.3, -0.25) is 19.2 Å². The fraction of sp³-hybridized carbons (Fsp3) is 0.438. The lowest BCUT2D eigenvalue weighted by Crippen LogP contribution is -2.56. The van der Waals surface area contributed by atoms with E-state index in [1.54, 1.807) is 18.2 Å². The number of aromatic nitrogens is 1. The Morgan fingerprint density at radius 2 is 1.76 bits per heavy atom. The molecule has 46 heavy (non-hydrogen) atoms. The van der Waals surface area contributed by atoms with Crippen molar-refractivity contribution in [2.75, 3.05) is 6.54 Å². The number of hydrogen-bond donors (Lipinski definition) is 4. The van der Waals surface area contributed by atoms with Crippen LogP contribution in [0.1, 0.15) is 61.3 Å². The maximum absolute atomic E-state index is 13.8. The third-order valence-corrected chi connectivity index (χ3v) is 7.72. The molecule has 1 fully saturated rings. The highest BCUT2D eigenvalue weighted by atomic mass is 19.4. The van der Waals surface area contributed by atoms with E-state index in [-0.39, 0.29) is 31.1 Å². The van der Waals surface area contributed by atoms with Gasteiger partial charge in [0.25, 0.3) is 5.91 Å². The monoisotopic (exact) mass is 643 g/mol.